The van der Waals surface area contributed by atoms with E-state index in [0.29, 0.717) is 26.1 Å². The van der Waals surface area contributed by atoms with Gasteiger partial charge in [0.25, 0.3) is 5.91 Å². The summed E-state index contributed by atoms with van der Waals surface area (Å²) in [4.78, 5) is 20.3. The summed E-state index contributed by atoms with van der Waals surface area (Å²) in [5, 5.41) is 0. The maximum Gasteiger partial charge on any atom is 0.261 e. The summed E-state index contributed by atoms with van der Waals surface area (Å²) < 4.78 is 15.1. The molecule has 3 heterocycles. The molecule has 4 nitrogen and oxygen atoms in total. The van der Waals surface area contributed by atoms with E-state index >= 15 is 4.39 Å². The summed E-state index contributed by atoms with van der Waals surface area (Å²) in [7, 11) is 0. The normalized spacial score (nSPS) is 27.0. The average molecular weight is 291 g/mol. The van der Waals surface area contributed by atoms with Gasteiger partial charge in [0, 0.05) is 38.6 Å². The van der Waals surface area contributed by atoms with Crippen LogP contribution < -0.4 is 0 Å². The van der Waals surface area contributed by atoms with Crippen molar-refractivity contribution in [2.24, 2.45) is 0 Å². The zero-order valence-electron chi connectivity index (χ0n) is 12.3. The Kier molecular flexibility index (Phi) is 4.19. The van der Waals surface area contributed by atoms with Crippen molar-refractivity contribution in [1.82, 2.24) is 14.8 Å². The molecule has 0 aromatic carbocycles. The first-order valence-corrected chi connectivity index (χ1v) is 7.77. The molecule has 1 unspecified atom stereocenters. The number of carbonyl (C=O) groups is 1. The number of amides is 1. The number of pyridine rings is 1. The van der Waals surface area contributed by atoms with Crippen LogP contribution in [0.25, 0.3) is 0 Å². The Bertz CT molecular complexity index is 490. The summed E-state index contributed by atoms with van der Waals surface area (Å²) in [6, 6.07) is 3.88. The van der Waals surface area contributed by atoms with E-state index in [1.165, 1.54) is 0 Å². The van der Waals surface area contributed by atoms with Crippen molar-refractivity contribution < 1.29 is 9.18 Å². The predicted octanol–water partition coefficient (Wildman–Crippen LogP) is 2.01. The first-order chi connectivity index (χ1) is 10.2. The highest BCUT2D eigenvalue weighted by atomic mass is 19.1. The minimum atomic E-state index is -1.70. The Morgan fingerprint density at radius 3 is 2.81 bits per heavy atom. The van der Waals surface area contributed by atoms with Crippen LogP contribution >= 0.6 is 0 Å². The fourth-order valence-electron chi connectivity index (χ4n) is 3.36. The van der Waals surface area contributed by atoms with Gasteiger partial charge in [0.1, 0.15) is 0 Å². The second-order valence-corrected chi connectivity index (χ2v) is 6.14. The first-order valence-electron chi connectivity index (χ1n) is 7.77. The van der Waals surface area contributed by atoms with Gasteiger partial charge in [0.05, 0.1) is 0 Å². The van der Waals surface area contributed by atoms with Crippen LogP contribution in [-0.2, 0) is 11.3 Å². The number of hydrogen-bond acceptors (Lipinski definition) is 3. The highest BCUT2D eigenvalue weighted by Gasteiger charge is 2.45. The second-order valence-electron chi connectivity index (χ2n) is 6.14. The molecule has 21 heavy (non-hydrogen) atoms. The average Bonchev–Trinajstić information content (AvgIpc) is 3.02. The van der Waals surface area contributed by atoms with Gasteiger partial charge >= 0.3 is 0 Å². The van der Waals surface area contributed by atoms with E-state index in [2.05, 4.69) is 4.98 Å². The number of alkyl halides is 1. The molecule has 1 aromatic rings. The number of carbonyl (C=O) groups excluding carboxylic acids is 1. The number of halogens is 1. The lowest BCUT2D eigenvalue weighted by Gasteiger charge is -2.38. The van der Waals surface area contributed by atoms with Crippen LogP contribution in [0.3, 0.4) is 0 Å². The summed E-state index contributed by atoms with van der Waals surface area (Å²) in [6.07, 6.45) is 6.62. The van der Waals surface area contributed by atoms with Gasteiger partial charge in [-0.05, 0) is 43.9 Å². The standard InChI is InChI=1S/C16H22FN3O/c17-16(15(21)20-9-1-2-10-20)6-4-8-19(13-16)12-14-5-3-7-18-11-14/h3,5,7,11H,1-2,4,6,8-10,12-13H2. The van der Waals surface area contributed by atoms with Crippen LogP contribution in [0.2, 0.25) is 0 Å². The van der Waals surface area contributed by atoms with Gasteiger partial charge < -0.3 is 4.90 Å². The van der Waals surface area contributed by atoms with Crippen molar-refractivity contribution in [2.45, 2.75) is 37.9 Å². The Morgan fingerprint density at radius 2 is 2.10 bits per heavy atom. The summed E-state index contributed by atoms with van der Waals surface area (Å²) in [5.74, 6) is -0.295. The molecule has 0 saturated carbocycles. The van der Waals surface area contributed by atoms with Gasteiger partial charge in [-0.3, -0.25) is 14.7 Å². The van der Waals surface area contributed by atoms with Crippen LogP contribution in [0.5, 0.6) is 0 Å². The number of nitrogens with zero attached hydrogens (tertiary/aromatic N) is 3. The minimum Gasteiger partial charge on any atom is -0.340 e. The second kappa shape index (κ2) is 6.10. The smallest absolute Gasteiger partial charge is 0.261 e. The zero-order valence-corrected chi connectivity index (χ0v) is 12.3. The minimum absolute atomic E-state index is 0.206. The largest absolute Gasteiger partial charge is 0.340 e. The Hall–Kier alpha value is -1.49. The fourth-order valence-corrected chi connectivity index (χ4v) is 3.36. The molecule has 114 valence electrons. The molecule has 2 fully saturated rings. The third kappa shape index (κ3) is 3.23. The van der Waals surface area contributed by atoms with Crippen molar-refractivity contribution in [3.05, 3.63) is 30.1 Å². The van der Waals surface area contributed by atoms with Crippen LogP contribution in [0.4, 0.5) is 4.39 Å². The van der Waals surface area contributed by atoms with E-state index in [4.69, 9.17) is 0 Å². The number of piperidine rings is 1. The highest BCUT2D eigenvalue weighted by molar-refractivity contribution is 5.85. The van der Waals surface area contributed by atoms with E-state index in [1.54, 1.807) is 17.3 Å². The Labute approximate surface area is 125 Å². The van der Waals surface area contributed by atoms with Gasteiger partial charge in [-0.2, -0.15) is 0 Å². The molecule has 1 aromatic heterocycles. The molecule has 0 bridgehead atoms. The Balaban J connectivity index is 1.65. The van der Waals surface area contributed by atoms with Crippen molar-refractivity contribution in [1.29, 1.82) is 0 Å². The number of rotatable bonds is 3. The highest BCUT2D eigenvalue weighted by Crippen LogP contribution is 2.29. The molecular weight excluding hydrogens is 269 g/mol. The van der Waals surface area contributed by atoms with Crippen LogP contribution in [0.1, 0.15) is 31.2 Å². The van der Waals surface area contributed by atoms with Gasteiger partial charge in [-0.1, -0.05) is 6.07 Å². The molecule has 1 amide bonds. The molecule has 1 atom stereocenters. The van der Waals surface area contributed by atoms with Gasteiger partial charge in [-0.15, -0.1) is 0 Å². The van der Waals surface area contributed by atoms with E-state index in [1.807, 2.05) is 17.0 Å². The van der Waals surface area contributed by atoms with Crippen LogP contribution in [0.15, 0.2) is 24.5 Å². The molecule has 2 saturated heterocycles. The molecule has 3 rings (SSSR count). The number of likely N-dealkylation sites (tertiary alicyclic amines) is 2. The third-order valence-electron chi connectivity index (χ3n) is 4.43. The van der Waals surface area contributed by atoms with E-state index in [9.17, 15) is 4.79 Å². The van der Waals surface area contributed by atoms with Crippen LogP contribution in [0, 0.1) is 0 Å². The SMILES string of the molecule is O=C(N1CCCC1)C1(F)CCCN(Cc2cccnc2)C1. The lowest BCUT2D eigenvalue weighted by molar-refractivity contribution is -0.147. The lowest BCUT2D eigenvalue weighted by Crippen LogP contribution is -2.54. The summed E-state index contributed by atoms with van der Waals surface area (Å²) in [5.41, 5.74) is -0.638. The van der Waals surface area contributed by atoms with Crippen LogP contribution in [-0.4, -0.2) is 52.5 Å². The number of aromatic nitrogens is 1. The molecule has 0 radical (unpaired) electrons. The van der Waals surface area contributed by atoms with Gasteiger partial charge in [-0.25, -0.2) is 4.39 Å². The molecule has 5 heteroatoms. The summed E-state index contributed by atoms with van der Waals surface area (Å²) in [6.45, 7) is 3.14. The Morgan fingerprint density at radius 1 is 1.29 bits per heavy atom. The molecule has 0 N–H and O–H groups in total. The maximum absolute atomic E-state index is 15.1. The van der Waals surface area contributed by atoms with Crippen molar-refractivity contribution in [2.75, 3.05) is 26.2 Å². The van der Waals surface area contributed by atoms with Crippen molar-refractivity contribution >= 4 is 5.91 Å². The zero-order chi connectivity index (χ0) is 14.7. The van der Waals surface area contributed by atoms with Gasteiger partial charge in [0.2, 0.25) is 5.67 Å². The topological polar surface area (TPSA) is 36.4 Å². The molecule has 2 aliphatic rings. The quantitative estimate of drug-likeness (QED) is 0.855. The van der Waals surface area contributed by atoms with Crippen molar-refractivity contribution in [3.63, 3.8) is 0 Å². The molecule has 0 spiro atoms. The monoisotopic (exact) mass is 291 g/mol. The van der Waals surface area contributed by atoms with E-state index in [0.717, 1.165) is 31.4 Å². The lowest BCUT2D eigenvalue weighted by atomic mass is 9.93. The van der Waals surface area contributed by atoms with E-state index in [-0.39, 0.29) is 12.5 Å². The molecule has 2 aliphatic heterocycles. The molecule has 0 aliphatic carbocycles. The van der Waals surface area contributed by atoms with E-state index < -0.39 is 5.67 Å². The van der Waals surface area contributed by atoms with Gasteiger partial charge in [0.15, 0.2) is 0 Å². The fraction of sp³-hybridized carbons (Fsp3) is 0.625. The molecular formula is C16H22FN3O. The maximum atomic E-state index is 15.1. The van der Waals surface area contributed by atoms with Crippen molar-refractivity contribution in [3.8, 4) is 0 Å². The summed E-state index contributed by atoms with van der Waals surface area (Å²) >= 11 is 0. The third-order valence-corrected chi connectivity index (χ3v) is 4.43. The first kappa shape index (κ1) is 14.4. The number of hydrogen-bond donors (Lipinski definition) is 0. The predicted molar refractivity (Wildman–Crippen MR) is 78.4 cm³/mol.